The van der Waals surface area contributed by atoms with Gasteiger partial charge in [-0.1, -0.05) is 48.5 Å². The number of hydrogen-bond donors (Lipinski definition) is 0. The summed E-state index contributed by atoms with van der Waals surface area (Å²) in [6.45, 7) is 2.45. The summed E-state index contributed by atoms with van der Waals surface area (Å²) < 4.78 is 14.0. The maximum absolute atomic E-state index is 14.0. The summed E-state index contributed by atoms with van der Waals surface area (Å²) in [5.74, 6) is -0.0627. The van der Waals surface area contributed by atoms with Gasteiger partial charge in [-0.15, -0.1) is 0 Å². The van der Waals surface area contributed by atoms with Crippen molar-refractivity contribution >= 4 is 5.91 Å². The zero-order valence-corrected chi connectivity index (χ0v) is 14.4. The largest absolute Gasteiger partial charge is 0.333 e. The van der Waals surface area contributed by atoms with Gasteiger partial charge in [-0.2, -0.15) is 0 Å². The second-order valence-electron chi connectivity index (χ2n) is 7.19. The number of rotatable bonds is 3. The SMILES string of the molecule is CN1CCN(C(=O)C2CC2c2ccccc2F)C(c2ccccc2)C1. The molecule has 2 aromatic carbocycles. The first-order valence-electron chi connectivity index (χ1n) is 8.93. The van der Waals surface area contributed by atoms with E-state index >= 15 is 0 Å². The lowest BCUT2D eigenvalue weighted by Crippen LogP contribution is -2.49. The lowest BCUT2D eigenvalue weighted by Gasteiger charge is -2.40. The van der Waals surface area contributed by atoms with E-state index in [-0.39, 0.29) is 29.6 Å². The number of benzene rings is 2. The van der Waals surface area contributed by atoms with Crippen molar-refractivity contribution in [3.63, 3.8) is 0 Å². The number of piperazine rings is 1. The summed E-state index contributed by atoms with van der Waals surface area (Å²) in [6, 6.07) is 17.1. The van der Waals surface area contributed by atoms with Gasteiger partial charge >= 0.3 is 0 Å². The average molecular weight is 338 g/mol. The molecule has 0 radical (unpaired) electrons. The molecule has 4 heteroatoms. The van der Waals surface area contributed by atoms with Gasteiger partial charge in [0.2, 0.25) is 5.91 Å². The normalized spacial score (nSPS) is 26.5. The van der Waals surface area contributed by atoms with Crippen LogP contribution in [0, 0.1) is 11.7 Å². The van der Waals surface area contributed by atoms with E-state index in [1.807, 2.05) is 35.2 Å². The molecule has 3 atom stereocenters. The third-order valence-corrected chi connectivity index (χ3v) is 5.46. The molecule has 1 saturated carbocycles. The Hall–Kier alpha value is -2.20. The van der Waals surface area contributed by atoms with Crippen LogP contribution >= 0.6 is 0 Å². The van der Waals surface area contributed by atoms with Crippen LogP contribution in [0.15, 0.2) is 54.6 Å². The predicted octanol–water partition coefficient (Wildman–Crippen LogP) is 3.44. The lowest BCUT2D eigenvalue weighted by molar-refractivity contribution is -0.137. The molecule has 2 aromatic rings. The Balaban J connectivity index is 1.54. The van der Waals surface area contributed by atoms with E-state index in [1.54, 1.807) is 6.07 Å². The fraction of sp³-hybridized carbons (Fsp3) is 0.381. The molecule has 4 rings (SSSR count). The highest BCUT2D eigenvalue weighted by molar-refractivity contribution is 5.83. The Morgan fingerprint density at radius 3 is 2.52 bits per heavy atom. The monoisotopic (exact) mass is 338 g/mol. The van der Waals surface area contributed by atoms with Crippen molar-refractivity contribution in [2.75, 3.05) is 26.7 Å². The van der Waals surface area contributed by atoms with Crippen LogP contribution in [0.3, 0.4) is 0 Å². The zero-order chi connectivity index (χ0) is 17.4. The summed E-state index contributed by atoms with van der Waals surface area (Å²) in [5.41, 5.74) is 1.86. The molecule has 0 aromatic heterocycles. The van der Waals surface area contributed by atoms with Crippen molar-refractivity contribution < 1.29 is 9.18 Å². The second-order valence-corrected chi connectivity index (χ2v) is 7.19. The molecular weight excluding hydrogens is 315 g/mol. The number of amides is 1. The van der Waals surface area contributed by atoms with Gasteiger partial charge in [-0.05, 0) is 36.6 Å². The molecule has 1 aliphatic carbocycles. The molecule has 1 heterocycles. The van der Waals surface area contributed by atoms with Gasteiger partial charge in [0.05, 0.1) is 6.04 Å². The summed E-state index contributed by atoms with van der Waals surface area (Å²) in [5, 5.41) is 0. The minimum Gasteiger partial charge on any atom is -0.333 e. The summed E-state index contributed by atoms with van der Waals surface area (Å²) >= 11 is 0. The predicted molar refractivity (Wildman–Crippen MR) is 95.6 cm³/mol. The van der Waals surface area contributed by atoms with Crippen LogP contribution in [0.5, 0.6) is 0 Å². The smallest absolute Gasteiger partial charge is 0.226 e. The highest BCUT2D eigenvalue weighted by Crippen LogP contribution is 2.50. The van der Waals surface area contributed by atoms with Crippen LogP contribution < -0.4 is 0 Å². The molecule has 130 valence electrons. The van der Waals surface area contributed by atoms with Gasteiger partial charge in [0.25, 0.3) is 0 Å². The van der Waals surface area contributed by atoms with Crippen LogP contribution in [0.1, 0.15) is 29.5 Å². The van der Waals surface area contributed by atoms with Crippen molar-refractivity contribution in [2.24, 2.45) is 5.92 Å². The number of halogens is 1. The Labute approximate surface area is 148 Å². The quantitative estimate of drug-likeness (QED) is 0.856. The van der Waals surface area contributed by atoms with Crippen LogP contribution in [0.4, 0.5) is 4.39 Å². The zero-order valence-electron chi connectivity index (χ0n) is 14.4. The molecule has 1 aliphatic heterocycles. The van der Waals surface area contributed by atoms with Gasteiger partial charge in [0, 0.05) is 25.6 Å². The topological polar surface area (TPSA) is 23.6 Å². The Morgan fingerprint density at radius 1 is 1.04 bits per heavy atom. The van der Waals surface area contributed by atoms with Gasteiger partial charge in [-0.25, -0.2) is 4.39 Å². The summed E-state index contributed by atoms with van der Waals surface area (Å²) in [7, 11) is 2.09. The van der Waals surface area contributed by atoms with Crippen molar-refractivity contribution in [2.45, 2.75) is 18.4 Å². The molecular formula is C21H23FN2O. The Morgan fingerprint density at radius 2 is 1.76 bits per heavy atom. The minimum atomic E-state index is -0.194. The summed E-state index contributed by atoms with van der Waals surface area (Å²) in [6.07, 6.45) is 0.758. The number of likely N-dealkylation sites (N-methyl/N-ethyl adjacent to an activating group) is 1. The second kappa shape index (κ2) is 6.60. The van der Waals surface area contributed by atoms with E-state index in [0.29, 0.717) is 5.56 Å². The highest BCUT2D eigenvalue weighted by Gasteiger charge is 2.48. The van der Waals surface area contributed by atoms with Crippen LogP contribution in [-0.4, -0.2) is 42.4 Å². The first kappa shape index (κ1) is 16.3. The van der Waals surface area contributed by atoms with E-state index < -0.39 is 0 Å². The van der Waals surface area contributed by atoms with E-state index in [4.69, 9.17) is 0 Å². The minimum absolute atomic E-state index is 0.0322. The fourth-order valence-corrected chi connectivity index (χ4v) is 3.94. The number of carbonyl (C=O) groups excluding carboxylic acids is 1. The first-order chi connectivity index (χ1) is 12.1. The molecule has 0 N–H and O–H groups in total. The summed E-state index contributed by atoms with van der Waals surface area (Å²) in [4.78, 5) is 17.4. The van der Waals surface area contributed by atoms with Gasteiger partial charge in [0.15, 0.2) is 0 Å². The van der Waals surface area contributed by atoms with Crippen molar-refractivity contribution in [3.8, 4) is 0 Å². The molecule has 3 nitrogen and oxygen atoms in total. The average Bonchev–Trinajstić information content (AvgIpc) is 3.43. The molecule has 0 spiro atoms. The van der Waals surface area contributed by atoms with Gasteiger partial charge in [-0.3, -0.25) is 4.79 Å². The van der Waals surface area contributed by atoms with Crippen molar-refractivity contribution in [1.29, 1.82) is 0 Å². The van der Waals surface area contributed by atoms with E-state index in [2.05, 4.69) is 24.1 Å². The van der Waals surface area contributed by atoms with Crippen molar-refractivity contribution in [1.82, 2.24) is 9.80 Å². The number of nitrogens with zero attached hydrogens (tertiary/aromatic N) is 2. The maximum atomic E-state index is 14.0. The number of carbonyl (C=O) groups is 1. The van der Waals surface area contributed by atoms with Crippen molar-refractivity contribution in [3.05, 3.63) is 71.5 Å². The van der Waals surface area contributed by atoms with Crippen LogP contribution in [0.2, 0.25) is 0 Å². The molecule has 1 amide bonds. The van der Waals surface area contributed by atoms with E-state index in [1.165, 1.54) is 11.6 Å². The molecule has 2 aliphatic rings. The molecule has 25 heavy (non-hydrogen) atoms. The lowest BCUT2D eigenvalue weighted by atomic mass is 10.0. The third kappa shape index (κ3) is 3.19. The first-order valence-corrected chi connectivity index (χ1v) is 8.93. The maximum Gasteiger partial charge on any atom is 0.226 e. The highest BCUT2D eigenvalue weighted by atomic mass is 19.1. The molecule has 2 fully saturated rings. The van der Waals surface area contributed by atoms with Gasteiger partial charge in [0.1, 0.15) is 5.82 Å². The van der Waals surface area contributed by atoms with Gasteiger partial charge < -0.3 is 9.80 Å². The molecule has 0 bridgehead atoms. The van der Waals surface area contributed by atoms with Crippen LogP contribution in [-0.2, 0) is 4.79 Å². The Bertz CT molecular complexity index is 764. The number of hydrogen-bond acceptors (Lipinski definition) is 2. The molecule has 3 unspecified atom stereocenters. The standard InChI is InChI=1S/C21H23FN2O/c1-23-11-12-24(20(14-23)15-7-3-2-4-8-15)21(25)18-13-17(18)16-9-5-6-10-19(16)22/h2-10,17-18,20H,11-14H2,1H3. The fourth-order valence-electron chi connectivity index (χ4n) is 3.94. The Kier molecular flexibility index (Phi) is 4.30. The van der Waals surface area contributed by atoms with E-state index in [9.17, 15) is 9.18 Å². The van der Waals surface area contributed by atoms with Crippen LogP contribution in [0.25, 0.3) is 0 Å². The third-order valence-electron chi connectivity index (χ3n) is 5.46. The molecule has 1 saturated heterocycles. The van der Waals surface area contributed by atoms with E-state index in [0.717, 1.165) is 26.1 Å².